The Balaban J connectivity index is 2.32. The number of aliphatic hydroxyl groups is 1. The first-order valence-electron chi connectivity index (χ1n) is 6.65. The summed E-state index contributed by atoms with van der Waals surface area (Å²) in [5.74, 6) is 0.817. The molecule has 0 amide bonds. The van der Waals surface area contributed by atoms with Crippen molar-refractivity contribution in [1.82, 2.24) is 5.01 Å². The molecule has 1 aromatic rings. The lowest BCUT2D eigenvalue weighted by Gasteiger charge is -2.06. The fourth-order valence-corrected chi connectivity index (χ4v) is 1.53. The van der Waals surface area contributed by atoms with Crippen LogP contribution in [-0.4, -0.2) is 37.4 Å². The number of rotatable bonds is 9. The van der Waals surface area contributed by atoms with E-state index in [1.807, 2.05) is 38.4 Å². The Morgan fingerprint density at radius 3 is 2.68 bits per heavy atom. The van der Waals surface area contributed by atoms with E-state index in [1.54, 1.807) is 5.01 Å². The summed E-state index contributed by atoms with van der Waals surface area (Å²) in [5.41, 5.74) is 0.784. The molecule has 5 heteroatoms. The van der Waals surface area contributed by atoms with Crippen LogP contribution < -0.4 is 4.74 Å². The Morgan fingerprint density at radius 1 is 1.16 bits per heavy atom. The lowest BCUT2D eigenvalue weighted by Crippen LogP contribution is -1.99. The fourth-order valence-electron chi connectivity index (χ4n) is 1.53. The van der Waals surface area contributed by atoms with E-state index in [4.69, 9.17) is 9.84 Å². The molecule has 0 unspecified atom stereocenters. The number of benzene rings is 1. The van der Waals surface area contributed by atoms with Gasteiger partial charge in [0.2, 0.25) is 0 Å². The molecule has 0 saturated heterocycles. The molecule has 1 N–H and O–H groups in total. The molecule has 1 rings (SSSR count). The monoisotopic (exact) mass is 265 g/mol. The van der Waals surface area contributed by atoms with Gasteiger partial charge in [0.25, 0.3) is 0 Å². The van der Waals surface area contributed by atoms with Crippen LogP contribution in [0.4, 0.5) is 5.69 Å². The van der Waals surface area contributed by atoms with Crippen LogP contribution in [0.1, 0.15) is 25.7 Å². The average molecular weight is 265 g/mol. The molecule has 1 aromatic carbocycles. The molecule has 0 aliphatic rings. The molecule has 19 heavy (non-hydrogen) atoms. The smallest absolute Gasteiger partial charge is 0.121 e. The highest BCUT2D eigenvalue weighted by Gasteiger charge is 1.96. The molecule has 0 bridgehead atoms. The number of unbranched alkanes of at least 4 members (excludes halogenated alkanes) is 3. The maximum atomic E-state index is 8.67. The summed E-state index contributed by atoms with van der Waals surface area (Å²) in [6.07, 6.45) is 4.02. The maximum absolute atomic E-state index is 8.67. The number of hydrogen-bond donors (Lipinski definition) is 1. The van der Waals surface area contributed by atoms with Gasteiger partial charge in [0, 0.05) is 26.8 Å². The molecule has 0 radical (unpaired) electrons. The molecule has 0 spiro atoms. The van der Waals surface area contributed by atoms with Gasteiger partial charge >= 0.3 is 0 Å². The molecule has 0 heterocycles. The lowest BCUT2D eigenvalue weighted by atomic mass is 10.2. The fraction of sp³-hybridized carbons (Fsp3) is 0.571. The number of aliphatic hydroxyl groups excluding tert-OH is 1. The van der Waals surface area contributed by atoms with Gasteiger partial charge in [0.15, 0.2) is 0 Å². The van der Waals surface area contributed by atoms with Crippen molar-refractivity contribution in [3.8, 4) is 5.75 Å². The summed E-state index contributed by atoms with van der Waals surface area (Å²) in [4.78, 5) is 0. The topological polar surface area (TPSA) is 57.4 Å². The summed E-state index contributed by atoms with van der Waals surface area (Å²) >= 11 is 0. The van der Waals surface area contributed by atoms with Gasteiger partial charge in [-0.15, -0.1) is 5.11 Å². The Kier molecular flexibility index (Phi) is 7.58. The predicted molar refractivity (Wildman–Crippen MR) is 75.7 cm³/mol. The molecule has 0 atom stereocenters. The van der Waals surface area contributed by atoms with Crippen molar-refractivity contribution < 1.29 is 9.84 Å². The number of ether oxygens (including phenoxy) is 1. The van der Waals surface area contributed by atoms with Crippen LogP contribution in [0, 0.1) is 0 Å². The second-order valence-electron chi connectivity index (χ2n) is 4.52. The molecule has 0 aliphatic carbocycles. The normalized spacial score (nSPS) is 10.9. The van der Waals surface area contributed by atoms with Crippen LogP contribution in [0.2, 0.25) is 0 Å². The van der Waals surface area contributed by atoms with Crippen LogP contribution in [0.15, 0.2) is 34.6 Å². The van der Waals surface area contributed by atoms with Crippen molar-refractivity contribution in [2.75, 3.05) is 27.3 Å². The molecular formula is C14H23N3O2. The Labute approximate surface area is 114 Å². The van der Waals surface area contributed by atoms with Crippen LogP contribution in [-0.2, 0) is 0 Å². The van der Waals surface area contributed by atoms with Gasteiger partial charge in [0.05, 0.1) is 12.3 Å². The van der Waals surface area contributed by atoms with E-state index >= 15 is 0 Å². The van der Waals surface area contributed by atoms with Crippen molar-refractivity contribution >= 4 is 5.69 Å². The highest BCUT2D eigenvalue weighted by atomic mass is 16.5. The molecule has 0 aliphatic heterocycles. The van der Waals surface area contributed by atoms with E-state index in [-0.39, 0.29) is 6.61 Å². The standard InChI is InChI=1S/C14H23N3O2/c1-17(2)16-15-13-8-7-9-14(12-13)19-11-6-4-3-5-10-18/h7-9,12,18H,3-6,10-11H2,1-2H3. The van der Waals surface area contributed by atoms with E-state index in [0.29, 0.717) is 6.61 Å². The minimum absolute atomic E-state index is 0.278. The van der Waals surface area contributed by atoms with Crippen LogP contribution in [0.3, 0.4) is 0 Å². The first kappa shape index (κ1) is 15.4. The first-order valence-corrected chi connectivity index (χ1v) is 6.65. The first-order chi connectivity index (χ1) is 9.22. The molecular weight excluding hydrogens is 242 g/mol. The van der Waals surface area contributed by atoms with Gasteiger partial charge in [-0.2, -0.15) is 0 Å². The predicted octanol–water partition coefficient (Wildman–Crippen LogP) is 3.18. The van der Waals surface area contributed by atoms with Crippen molar-refractivity contribution in [2.24, 2.45) is 10.3 Å². The number of hydrogen-bond acceptors (Lipinski definition) is 4. The summed E-state index contributed by atoms with van der Waals surface area (Å²) in [7, 11) is 3.66. The summed E-state index contributed by atoms with van der Waals surface area (Å²) in [5, 5.41) is 18.3. The maximum Gasteiger partial charge on any atom is 0.121 e. The second-order valence-corrected chi connectivity index (χ2v) is 4.52. The van der Waals surface area contributed by atoms with Crippen LogP contribution in [0.25, 0.3) is 0 Å². The Hall–Kier alpha value is -1.62. The van der Waals surface area contributed by atoms with Crippen molar-refractivity contribution in [2.45, 2.75) is 25.7 Å². The van der Waals surface area contributed by atoms with Crippen LogP contribution >= 0.6 is 0 Å². The molecule has 0 fully saturated rings. The lowest BCUT2D eigenvalue weighted by molar-refractivity contribution is 0.273. The van der Waals surface area contributed by atoms with E-state index in [0.717, 1.165) is 37.1 Å². The SMILES string of the molecule is CN(C)N=Nc1cccc(OCCCCCCO)c1. The third-order valence-electron chi connectivity index (χ3n) is 2.48. The zero-order chi connectivity index (χ0) is 13.9. The average Bonchev–Trinajstić information content (AvgIpc) is 2.41. The van der Waals surface area contributed by atoms with Gasteiger partial charge in [-0.3, -0.25) is 5.01 Å². The van der Waals surface area contributed by atoms with E-state index in [1.165, 1.54) is 0 Å². The Bertz CT molecular complexity index is 381. The van der Waals surface area contributed by atoms with E-state index in [9.17, 15) is 0 Å². The summed E-state index contributed by atoms with van der Waals surface area (Å²) in [6, 6.07) is 7.59. The van der Waals surface area contributed by atoms with Gasteiger partial charge in [-0.05, 0) is 31.4 Å². The van der Waals surface area contributed by atoms with E-state index in [2.05, 4.69) is 10.3 Å². The minimum Gasteiger partial charge on any atom is -0.494 e. The van der Waals surface area contributed by atoms with Crippen molar-refractivity contribution in [3.05, 3.63) is 24.3 Å². The molecule has 106 valence electrons. The zero-order valence-electron chi connectivity index (χ0n) is 11.7. The van der Waals surface area contributed by atoms with Gasteiger partial charge < -0.3 is 9.84 Å². The van der Waals surface area contributed by atoms with Crippen molar-refractivity contribution in [1.29, 1.82) is 0 Å². The third kappa shape index (κ3) is 7.41. The summed E-state index contributed by atoms with van der Waals surface area (Å²) in [6.45, 7) is 0.972. The zero-order valence-corrected chi connectivity index (χ0v) is 11.7. The molecule has 5 nitrogen and oxygen atoms in total. The van der Waals surface area contributed by atoms with Gasteiger partial charge in [-0.1, -0.05) is 17.7 Å². The minimum atomic E-state index is 0.278. The second kappa shape index (κ2) is 9.33. The highest BCUT2D eigenvalue weighted by molar-refractivity contribution is 5.42. The van der Waals surface area contributed by atoms with Gasteiger partial charge in [-0.25, -0.2) is 0 Å². The van der Waals surface area contributed by atoms with E-state index < -0.39 is 0 Å². The largest absolute Gasteiger partial charge is 0.494 e. The summed E-state index contributed by atoms with van der Waals surface area (Å²) < 4.78 is 5.66. The molecule has 0 aromatic heterocycles. The quantitative estimate of drug-likeness (QED) is 0.424. The Morgan fingerprint density at radius 2 is 1.95 bits per heavy atom. The highest BCUT2D eigenvalue weighted by Crippen LogP contribution is 2.20. The molecule has 0 saturated carbocycles. The van der Waals surface area contributed by atoms with Gasteiger partial charge in [0.1, 0.15) is 5.75 Å². The number of nitrogens with zero attached hydrogens (tertiary/aromatic N) is 3. The van der Waals surface area contributed by atoms with Crippen LogP contribution in [0.5, 0.6) is 5.75 Å². The third-order valence-corrected chi connectivity index (χ3v) is 2.48. The van der Waals surface area contributed by atoms with Crippen molar-refractivity contribution in [3.63, 3.8) is 0 Å².